The van der Waals surface area contributed by atoms with E-state index in [-0.39, 0.29) is 80.2 Å². The van der Waals surface area contributed by atoms with Crippen molar-refractivity contribution in [3.05, 3.63) is 0 Å². The van der Waals surface area contributed by atoms with E-state index in [4.69, 9.17) is 4.55 Å². The molecule has 0 aliphatic carbocycles. The lowest BCUT2D eigenvalue weighted by Gasteiger charge is -2.25. The lowest BCUT2D eigenvalue weighted by molar-refractivity contribution is -0.134. The van der Waals surface area contributed by atoms with E-state index in [9.17, 15) is 32.4 Å². The van der Waals surface area contributed by atoms with Gasteiger partial charge in [0, 0.05) is 51.1 Å². The molecule has 0 aliphatic heterocycles. The minimum atomic E-state index is -4.12. The monoisotopic (exact) mass is 504 g/mol. The van der Waals surface area contributed by atoms with Crippen LogP contribution in [0, 0.1) is 11.8 Å². The number of Topliss-reactive ketones (excluding diaryl/α,β-unsaturated/α-hetero) is 3. The quantitative estimate of drug-likeness (QED) is 0.268. The van der Waals surface area contributed by atoms with Gasteiger partial charge in [-0.2, -0.15) is 8.42 Å². The normalized spacial score (nSPS) is 13.3. The summed E-state index contributed by atoms with van der Waals surface area (Å²) in [5, 5.41) is 2.72. The second kappa shape index (κ2) is 15.7. The zero-order chi connectivity index (χ0) is 26.5. The lowest BCUT2D eigenvalue weighted by atomic mass is 9.91. The number of rotatable bonds is 18. The fraction of sp³-hybridized carbons (Fsp3) is 0.783. The Morgan fingerprint density at radius 2 is 1.56 bits per heavy atom. The van der Waals surface area contributed by atoms with Crippen LogP contribution >= 0.6 is 0 Å². The van der Waals surface area contributed by atoms with Gasteiger partial charge in [0.05, 0.1) is 11.8 Å². The number of carbonyl (C=O) groups excluding carboxylic acids is 5. The Hall–Kier alpha value is -2.14. The van der Waals surface area contributed by atoms with Gasteiger partial charge >= 0.3 is 0 Å². The molecular weight excluding hydrogens is 464 g/mol. The summed E-state index contributed by atoms with van der Waals surface area (Å²) in [4.78, 5) is 62.4. The summed E-state index contributed by atoms with van der Waals surface area (Å²) < 4.78 is 30.1. The zero-order valence-electron chi connectivity index (χ0n) is 21.0. The second-order valence-electron chi connectivity index (χ2n) is 9.03. The summed E-state index contributed by atoms with van der Waals surface area (Å²) in [5.41, 5.74) is 0. The van der Waals surface area contributed by atoms with Crippen molar-refractivity contribution in [2.45, 2.75) is 85.6 Å². The molecule has 0 aromatic rings. The van der Waals surface area contributed by atoms with Crippen molar-refractivity contribution in [1.82, 2.24) is 10.2 Å². The molecule has 11 heteroatoms. The summed E-state index contributed by atoms with van der Waals surface area (Å²) in [5.74, 6) is -2.31. The second-order valence-corrected chi connectivity index (χ2v) is 10.6. The van der Waals surface area contributed by atoms with Crippen LogP contribution in [0.25, 0.3) is 0 Å². The molecule has 2 N–H and O–H groups in total. The Kier molecular flexibility index (Phi) is 14.7. The molecule has 0 unspecified atom stereocenters. The van der Waals surface area contributed by atoms with Crippen LogP contribution in [0.2, 0.25) is 0 Å². The highest BCUT2D eigenvalue weighted by Crippen LogP contribution is 2.12. The predicted molar refractivity (Wildman–Crippen MR) is 128 cm³/mol. The summed E-state index contributed by atoms with van der Waals surface area (Å²) in [6.07, 6.45) is 0.550. The van der Waals surface area contributed by atoms with Crippen LogP contribution < -0.4 is 5.32 Å². The molecule has 0 radical (unpaired) electrons. The average Bonchev–Trinajstić information content (AvgIpc) is 2.71. The van der Waals surface area contributed by atoms with E-state index in [1.54, 1.807) is 20.8 Å². The van der Waals surface area contributed by atoms with Crippen molar-refractivity contribution >= 4 is 39.3 Å². The van der Waals surface area contributed by atoms with Crippen molar-refractivity contribution in [1.29, 1.82) is 0 Å². The van der Waals surface area contributed by atoms with E-state index in [2.05, 4.69) is 5.32 Å². The van der Waals surface area contributed by atoms with Gasteiger partial charge in [-0.05, 0) is 25.7 Å². The third-order valence-corrected chi connectivity index (χ3v) is 6.27. The maximum Gasteiger partial charge on any atom is 0.264 e. The number of nitrogens with zero attached hydrogens (tertiary/aromatic N) is 1. The number of amides is 2. The molecule has 0 fully saturated rings. The molecule has 0 bridgehead atoms. The van der Waals surface area contributed by atoms with Gasteiger partial charge in [-0.25, -0.2) is 0 Å². The van der Waals surface area contributed by atoms with E-state index >= 15 is 0 Å². The van der Waals surface area contributed by atoms with Crippen molar-refractivity contribution in [2.75, 3.05) is 18.8 Å². The van der Waals surface area contributed by atoms with Crippen LogP contribution in [0.3, 0.4) is 0 Å². The van der Waals surface area contributed by atoms with Gasteiger partial charge in [0.25, 0.3) is 10.1 Å². The third-order valence-electron chi connectivity index (χ3n) is 5.46. The fourth-order valence-corrected chi connectivity index (χ4v) is 3.79. The maximum atomic E-state index is 12.6. The smallest absolute Gasteiger partial charge is 0.264 e. The van der Waals surface area contributed by atoms with Crippen molar-refractivity contribution in [3.8, 4) is 0 Å². The van der Waals surface area contributed by atoms with E-state index < -0.39 is 27.8 Å². The number of hydrogen-bond donors (Lipinski definition) is 2. The number of nitrogens with one attached hydrogen (secondary N) is 1. The lowest BCUT2D eigenvalue weighted by Crippen LogP contribution is -2.46. The van der Waals surface area contributed by atoms with Gasteiger partial charge in [0.2, 0.25) is 11.8 Å². The Morgan fingerprint density at radius 1 is 0.941 bits per heavy atom. The Morgan fingerprint density at radius 3 is 2.06 bits per heavy atom. The highest BCUT2D eigenvalue weighted by molar-refractivity contribution is 7.85. The summed E-state index contributed by atoms with van der Waals surface area (Å²) in [7, 11) is -4.12. The predicted octanol–water partition coefficient (Wildman–Crippen LogP) is 1.96. The first-order chi connectivity index (χ1) is 15.7. The molecule has 196 valence electrons. The largest absolute Gasteiger partial charge is 0.346 e. The molecule has 34 heavy (non-hydrogen) atoms. The van der Waals surface area contributed by atoms with Crippen LogP contribution in [0.4, 0.5) is 0 Å². The summed E-state index contributed by atoms with van der Waals surface area (Å²) in [6, 6.07) is -0.718. The minimum absolute atomic E-state index is 0.00714. The molecule has 0 aliphatic rings. The first kappa shape index (κ1) is 31.9. The van der Waals surface area contributed by atoms with E-state index in [1.807, 2.05) is 6.92 Å². The highest BCUT2D eigenvalue weighted by atomic mass is 32.2. The van der Waals surface area contributed by atoms with Crippen molar-refractivity contribution in [3.63, 3.8) is 0 Å². The van der Waals surface area contributed by atoms with Crippen LogP contribution in [-0.4, -0.2) is 71.9 Å². The highest BCUT2D eigenvalue weighted by Gasteiger charge is 2.26. The molecule has 0 heterocycles. The van der Waals surface area contributed by atoms with E-state index in [0.717, 1.165) is 0 Å². The molecule has 0 saturated heterocycles. The topological polar surface area (TPSA) is 155 Å². The summed E-state index contributed by atoms with van der Waals surface area (Å²) >= 11 is 0. The molecule has 0 aromatic carbocycles. The van der Waals surface area contributed by atoms with Crippen LogP contribution in [0.1, 0.15) is 79.6 Å². The molecule has 10 nitrogen and oxygen atoms in total. The van der Waals surface area contributed by atoms with Gasteiger partial charge in [-0.1, -0.05) is 27.7 Å². The molecule has 2 atom stereocenters. The van der Waals surface area contributed by atoms with Gasteiger partial charge in [0.1, 0.15) is 11.6 Å². The molecular formula is C23H40N2O8S. The number of hydrogen-bond acceptors (Lipinski definition) is 7. The molecule has 0 rings (SSSR count). The molecule has 0 spiro atoms. The molecule has 0 saturated carbocycles. The van der Waals surface area contributed by atoms with Gasteiger partial charge in [-0.15, -0.1) is 0 Å². The first-order valence-electron chi connectivity index (χ1n) is 11.7. The van der Waals surface area contributed by atoms with Gasteiger partial charge < -0.3 is 10.2 Å². The minimum Gasteiger partial charge on any atom is -0.346 e. The van der Waals surface area contributed by atoms with Crippen LogP contribution in [0.5, 0.6) is 0 Å². The Labute approximate surface area is 203 Å². The van der Waals surface area contributed by atoms with Gasteiger partial charge in [-0.3, -0.25) is 28.5 Å². The SMILES string of the molecule is CCCN(CCC(=O)N[C@H](C(=O)C[C@@H](C)C(C)=O)C(C)C)C(=O)CCC(=O)CCCS(=O)(=O)O. The van der Waals surface area contributed by atoms with E-state index in [0.29, 0.717) is 13.0 Å². The summed E-state index contributed by atoms with van der Waals surface area (Å²) in [6.45, 7) is 9.14. The average molecular weight is 505 g/mol. The zero-order valence-corrected chi connectivity index (χ0v) is 21.8. The van der Waals surface area contributed by atoms with E-state index in [1.165, 1.54) is 11.8 Å². The standard InChI is InChI=1S/C23H40N2O8S/c1-6-12-25(22(30)10-9-19(27)8-7-14-34(31,32)33)13-11-21(29)24-23(16(2)3)20(28)15-17(4)18(5)26/h16-17,23H,6-15H2,1-5H3,(H,24,29)(H,31,32,33)/t17-,23+/m1/s1. The van der Waals surface area contributed by atoms with Gasteiger partial charge in [0.15, 0.2) is 5.78 Å². The Bertz CT molecular complexity index is 823. The Balaban J connectivity index is 4.74. The van der Waals surface area contributed by atoms with Crippen LogP contribution in [0.15, 0.2) is 0 Å². The number of ketones is 3. The molecule has 2 amide bonds. The molecule has 0 aromatic heterocycles. The van der Waals surface area contributed by atoms with Crippen LogP contribution in [-0.2, 0) is 34.1 Å². The third kappa shape index (κ3) is 14.2. The fourth-order valence-electron chi connectivity index (χ4n) is 3.29. The number of carbonyl (C=O) groups is 5. The first-order valence-corrected chi connectivity index (χ1v) is 13.4. The van der Waals surface area contributed by atoms with Crippen molar-refractivity contribution in [2.24, 2.45) is 11.8 Å². The maximum absolute atomic E-state index is 12.6. The van der Waals surface area contributed by atoms with Crippen molar-refractivity contribution < 1.29 is 36.9 Å².